The standard InChI is InChI=1S/C11H8FNO4S2/c12-9-3-7(11(14)15)1-2-10(9)19(16,17)5-8-4-13-6-18-8/h1-4,6H,5H2,(H,14,15). The normalized spacial score (nSPS) is 11.4. The summed E-state index contributed by atoms with van der Waals surface area (Å²) in [5.74, 6) is -2.74. The zero-order valence-electron chi connectivity index (χ0n) is 9.41. The Morgan fingerprint density at radius 1 is 1.42 bits per heavy atom. The van der Waals surface area contributed by atoms with Crippen molar-refractivity contribution >= 4 is 27.1 Å². The summed E-state index contributed by atoms with van der Waals surface area (Å²) >= 11 is 1.15. The molecule has 0 aliphatic rings. The smallest absolute Gasteiger partial charge is 0.335 e. The number of sulfone groups is 1. The van der Waals surface area contributed by atoms with Gasteiger partial charge in [-0.3, -0.25) is 4.98 Å². The minimum atomic E-state index is -3.85. The fourth-order valence-corrected chi connectivity index (χ4v) is 3.82. The van der Waals surface area contributed by atoms with E-state index in [1.165, 1.54) is 11.7 Å². The van der Waals surface area contributed by atoms with E-state index in [4.69, 9.17) is 5.11 Å². The molecule has 0 amide bonds. The van der Waals surface area contributed by atoms with E-state index in [2.05, 4.69) is 4.98 Å². The van der Waals surface area contributed by atoms with E-state index in [0.29, 0.717) is 10.9 Å². The highest BCUT2D eigenvalue weighted by Crippen LogP contribution is 2.22. The van der Waals surface area contributed by atoms with E-state index in [9.17, 15) is 17.6 Å². The Balaban J connectivity index is 2.38. The molecule has 19 heavy (non-hydrogen) atoms. The summed E-state index contributed by atoms with van der Waals surface area (Å²) in [6.07, 6.45) is 1.39. The maximum Gasteiger partial charge on any atom is 0.335 e. The number of thiazole rings is 1. The SMILES string of the molecule is O=C(O)c1ccc(S(=O)(=O)Cc2cncs2)c(F)c1. The average Bonchev–Trinajstić information content (AvgIpc) is 2.80. The lowest BCUT2D eigenvalue weighted by molar-refractivity contribution is 0.0696. The van der Waals surface area contributed by atoms with Crippen molar-refractivity contribution in [1.29, 1.82) is 0 Å². The first-order valence-corrected chi connectivity index (χ1v) is 7.56. The summed E-state index contributed by atoms with van der Waals surface area (Å²) in [5.41, 5.74) is 1.18. The number of carboxylic acid groups (broad SMARTS) is 1. The monoisotopic (exact) mass is 301 g/mol. The molecule has 0 aliphatic carbocycles. The third-order valence-corrected chi connectivity index (χ3v) is 4.98. The van der Waals surface area contributed by atoms with Gasteiger partial charge in [0.05, 0.1) is 16.8 Å². The lowest BCUT2D eigenvalue weighted by Crippen LogP contribution is -2.08. The molecule has 0 saturated carbocycles. The van der Waals surface area contributed by atoms with E-state index in [-0.39, 0.29) is 11.3 Å². The lowest BCUT2D eigenvalue weighted by Gasteiger charge is -2.05. The molecule has 0 fully saturated rings. The Bertz CT molecular complexity index is 710. The van der Waals surface area contributed by atoms with Gasteiger partial charge in [-0.05, 0) is 18.2 Å². The van der Waals surface area contributed by atoms with Gasteiger partial charge in [-0.25, -0.2) is 17.6 Å². The van der Waals surface area contributed by atoms with Crippen molar-refractivity contribution in [2.24, 2.45) is 0 Å². The maximum absolute atomic E-state index is 13.7. The lowest BCUT2D eigenvalue weighted by atomic mass is 10.2. The highest BCUT2D eigenvalue weighted by molar-refractivity contribution is 7.90. The highest BCUT2D eigenvalue weighted by Gasteiger charge is 2.21. The van der Waals surface area contributed by atoms with Crippen molar-refractivity contribution < 1.29 is 22.7 Å². The summed E-state index contributed by atoms with van der Waals surface area (Å²) in [7, 11) is -3.85. The van der Waals surface area contributed by atoms with E-state index in [0.717, 1.165) is 23.5 Å². The van der Waals surface area contributed by atoms with Gasteiger partial charge in [-0.1, -0.05) is 0 Å². The van der Waals surface area contributed by atoms with Crippen molar-refractivity contribution in [3.63, 3.8) is 0 Å². The molecule has 0 spiro atoms. The van der Waals surface area contributed by atoms with Gasteiger partial charge in [-0.15, -0.1) is 11.3 Å². The van der Waals surface area contributed by atoms with Gasteiger partial charge in [0.15, 0.2) is 9.84 Å². The van der Waals surface area contributed by atoms with Crippen LogP contribution in [0, 0.1) is 5.82 Å². The molecule has 8 heteroatoms. The number of carbonyl (C=O) groups is 1. The molecule has 0 unspecified atom stereocenters. The zero-order chi connectivity index (χ0) is 14.0. The minimum Gasteiger partial charge on any atom is -0.478 e. The summed E-state index contributed by atoms with van der Waals surface area (Å²) in [6.45, 7) is 0. The van der Waals surface area contributed by atoms with Crippen LogP contribution in [0.5, 0.6) is 0 Å². The molecule has 0 bridgehead atoms. The first kappa shape index (κ1) is 13.6. The third kappa shape index (κ3) is 2.96. The second kappa shape index (κ2) is 5.06. The number of nitrogens with zero attached hydrogens (tertiary/aromatic N) is 1. The van der Waals surface area contributed by atoms with E-state index < -0.39 is 26.5 Å². The number of carboxylic acids is 1. The molecule has 5 nitrogen and oxygen atoms in total. The Hall–Kier alpha value is -1.80. The molecular formula is C11H8FNO4S2. The summed E-state index contributed by atoms with van der Waals surface area (Å²) in [4.78, 5) is 14.4. The van der Waals surface area contributed by atoms with Gasteiger partial charge in [-0.2, -0.15) is 0 Å². The predicted octanol–water partition coefficient (Wildman–Crippen LogP) is 1.95. The molecule has 2 aromatic rings. The van der Waals surface area contributed by atoms with Gasteiger partial charge in [0.1, 0.15) is 10.7 Å². The van der Waals surface area contributed by atoms with E-state index in [1.54, 1.807) is 0 Å². The number of aromatic nitrogens is 1. The Morgan fingerprint density at radius 2 is 2.16 bits per heavy atom. The summed E-state index contributed by atoms with van der Waals surface area (Å²) in [6, 6.07) is 2.72. The molecule has 0 atom stereocenters. The van der Waals surface area contributed by atoms with Gasteiger partial charge < -0.3 is 5.11 Å². The number of hydrogen-bond acceptors (Lipinski definition) is 5. The molecule has 1 heterocycles. The number of halogens is 1. The number of rotatable bonds is 4. The molecule has 2 rings (SSSR count). The first-order chi connectivity index (χ1) is 8.90. The molecule has 1 aromatic carbocycles. The average molecular weight is 301 g/mol. The molecule has 100 valence electrons. The van der Waals surface area contributed by atoms with Crippen LogP contribution in [0.2, 0.25) is 0 Å². The van der Waals surface area contributed by atoms with Crippen LogP contribution in [0.4, 0.5) is 4.39 Å². The van der Waals surface area contributed by atoms with Crippen molar-refractivity contribution in [2.45, 2.75) is 10.6 Å². The highest BCUT2D eigenvalue weighted by atomic mass is 32.2. The number of hydrogen-bond donors (Lipinski definition) is 1. The van der Waals surface area contributed by atoms with Crippen molar-refractivity contribution in [1.82, 2.24) is 4.98 Å². The molecule has 0 saturated heterocycles. The minimum absolute atomic E-state index is 0.297. The fraction of sp³-hybridized carbons (Fsp3) is 0.0909. The van der Waals surface area contributed by atoms with Crippen LogP contribution in [0.1, 0.15) is 15.2 Å². The third-order valence-electron chi connectivity index (χ3n) is 2.33. The van der Waals surface area contributed by atoms with Crippen LogP contribution < -0.4 is 0 Å². The second-order valence-electron chi connectivity index (χ2n) is 3.68. The van der Waals surface area contributed by atoms with Gasteiger partial charge in [0.2, 0.25) is 0 Å². The van der Waals surface area contributed by atoms with Crippen molar-refractivity contribution in [3.8, 4) is 0 Å². The molecule has 1 N–H and O–H groups in total. The van der Waals surface area contributed by atoms with E-state index >= 15 is 0 Å². The largest absolute Gasteiger partial charge is 0.478 e. The van der Waals surface area contributed by atoms with E-state index in [1.807, 2.05) is 0 Å². The van der Waals surface area contributed by atoms with Gasteiger partial charge >= 0.3 is 5.97 Å². The molecular weight excluding hydrogens is 293 g/mol. The Labute approximate surface area is 112 Å². The number of benzene rings is 1. The van der Waals surface area contributed by atoms with Crippen LogP contribution >= 0.6 is 11.3 Å². The van der Waals surface area contributed by atoms with Crippen LogP contribution in [-0.4, -0.2) is 24.5 Å². The van der Waals surface area contributed by atoms with Crippen molar-refractivity contribution in [2.75, 3.05) is 0 Å². The maximum atomic E-state index is 13.7. The first-order valence-electron chi connectivity index (χ1n) is 5.03. The van der Waals surface area contributed by atoms with Crippen LogP contribution in [0.3, 0.4) is 0 Å². The van der Waals surface area contributed by atoms with Crippen LogP contribution in [0.15, 0.2) is 34.8 Å². The number of aromatic carboxylic acids is 1. The van der Waals surface area contributed by atoms with Crippen molar-refractivity contribution in [3.05, 3.63) is 46.2 Å². The van der Waals surface area contributed by atoms with Crippen LogP contribution in [-0.2, 0) is 15.6 Å². The zero-order valence-corrected chi connectivity index (χ0v) is 11.0. The fourth-order valence-electron chi connectivity index (χ4n) is 1.46. The Morgan fingerprint density at radius 3 is 2.68 bits per heavy atom. The summed E-state index contributed by atoms with van der Waals surface area (Å²) in [5, 5.41) is 8.69. The predicted molar refractivity (Wildman–Crippen MR) is 66.4 cm³/mol. The topological polar surface area (TPSA) is 84.3 Å². The Kier molecular flexibility index (Phi) is 3.63. The summed E-state index contributed by atoms with van der Waals surface area (Å²) < 4.78 is 37.7. The van der Waals surface area contributed by atoms with Crippen LogP contribution in [0.25, 0.3) is 0 Å². The van der Waals surface area contributed by atoms with Gasteiger partial charge in [0.25, 0.3) is 0 Å². The molecule has 0 radical (unpaired) electrons. The molecule has 1 aromatic heterocycles. The molecule has 0 aliphatic heterocycles. The van der Waals surface area contributed by atoms with Gasteiger partial charge in [0, 0.05) is 11.1 Å². The quantitative estimate of drug-likeness (QED) is 0.933. The second-order valence-corrected chi connectivity index (χ2v) is 6.61.